The third kappa shape index (κ3) is 3.83. The number of sulfonamides is 1. The third-order valence-electron chi connectivity index (χ3n) is 4.68. The first kappa shape index (κ1) is 19.0. The second-order valence-corrected chi connectivity index (χ2v) is 8.75. The Hall–Kier alpha value is -3.29. The highest BCUT2D eigenvalue weighted by atomic mass is 32.2. The van der Waals surface area contributed by atoms with Crippen LogP contribution in [0.5, 0.6) is 0 Å². The van der Waals surface area contributed by atoms with E-state index in [4.69, 9.17) is 0 Å². The average Bonchev–Trinajstić information content (AvgIpc) is 3.04. The van der Waals surface area contributed by atoms with E-state index in [0.717, 1.165) is 16.8 Å². The molecule has 4 rings (SSSR count). The molecular weight excluding hydrogens is 386 g/mol. The van der Waals surface area contributed by atoms with E-state index in [9.17, 15) is 13.2 Å². The zero-order valence-corrected chi connectivity index (χ0v) is 16.6. The first-order chi connectivity index (χ1) is 13.9. The molecule has 0 atom stereocenters. The van der Waals surface area contributed by atoms with E-state index in [2.05, 4.69) is 10.3 Å². The van der Waals surface area contributed by atoms with Crippen LogP contribution >= 0.6 is 0 Å². The number of fused-ring (bicyclic) bond motifs is 1. The molecule has 1 aliphatic heterocycles. The van der Waals surface area contributed by atoms with Gasteiger partial charge in [-0.3, -0.25) is 4.79 Å². The molecule has 1 N–H and O–H groups in total. The fourth-order valence-electron chi connectivity index (χ4n) is 3.14. The van der Waals surface area contributed by atoms with Gasteiger partial charge in [-0.15, -0.1) is 0 Å². The fourth-order valence-corrected chi connectivity index (χ4v) is 4.30. The van der Waals surface area contributed by atoms with Gasteiger partial charge in [0, 0.05) is 19.2 Å². The van der Waals surface area contributed by atoms with Crippen molar-refractivity contribution in [2.75, 3.05) is 12.4 Å². The number of benzene rings is 3. The molecule has 3 aromatic rings. The molecule has 1 amide bonds. The maximum atomic E-state index is 12.8. The van der Waals surface area contributed by atoms with Crippen molar-refractivity contribution in [3.63, 3.8) is 0 Å². The summed E-state index contributed by atoms with van der Waals surface area (Å²) in [5.74, 6) is -0.273. The lowest BCUT2D eigenvalue weighted by molar-refractivity contribution is -0.110. The molecule has 0 aliphatic carbocycles. The van der Waals surface area contributed by atoms with Crippen molar-refractivity contribution in [3.05, 3.63) is 90.0 Å². The number of para-hydroxylation sites is 1. The Morgan fingerprint density at radius 3 is 2.28 bits per heavy atom. The molecule has 0 fully saturated rings. The van der Waals surface area contributed by atoms with Crippen LogP contribution < -0.4 is 5.32 Å². The summed E-state index contributed by atoms with van der Waals surface area (Å²) in [4.78, 5) is 16.8. The number of amides is 1. The van der Waals surface area contributed by atoms with Crippen LogP contribution in [-0.4, -0.2) is 31.4 Å². The maximum absolute atomic E-state index is 12.8. The monoisotopic (exact) mass is 405 g/mol. The largest absolute Gasteiger partial charge is 0.320 e. The third-order valence-corrected chi connectivity index (χ3v) is 6.50. The van der Waals surface area contributed by atoms with Gasteiger partial charge in [-0.05, 0) is 35.9 Å². The van der Waals surface area contributed by atoms with Crippen LogP contribution in [0.2, 0.25) is 0 Å². The summed E-state index contributed by atoms with van der Waals surface area (Å²) < 4.78 is 27.0. The van der Waals surface area contributed by atoms with Gasteiger partial charge in [-0.25, -0.2) is 13.4 Å². The first-order valence-corrected chi connectivity index (χ1v) is 10.5. The van der Waals surface area contributed by atoms with Gasteiger partial charge < -0.3 is 5.32 Å². The van der Waals surface area contributed by atoms with Gasteiger partial charge in [0.1, 0.15) is 5.71 Å². The minimum atomic E-state index is -3.64. The SMILES string of the molecule is CN(Cc1ccccc1)S(=O)(=O)c1ccc(N=C2C(=O)Nc3ccccc32)cc1. The highest BCUT2D eigenvalue weighted by molar-refractivity contribution is 7.89. The molecule has 0 aromatic heterocycles. The number of hydrogen-bond acceptors (Lipinski definition) is 4. The first-order valence-electron chi connectivity index (χ1n) is 9.05. The van der Waals surface area contributed by atoms with Crippen molar-refractivity contribution in [1.29, 1.82) is 0 Å². The highest BCUT2D eigenvalue weighted by Gasteiger charge is 2.25. The summed E-state index contributed by atoms with van der Waals surface area (Å²) in [5.41, 5.74) is 3.19. The van der Waals surface area contributed by atoms with Gasteiger partial charge in [-0.2, -0.15) is 4.31 Å². The van der Waals surface area contributed by atoms with Crippen molar-refractivity contribution < 1.29 is 13.2 Å². The molecule has 1 aliphatic rings. The Bertz CT molecular complexity index is 1190. The smallest absolute Gasteiger partial charge is 0.275 e. The van der Waals surface area contributed by atoms with E-state index in [0.29, 0.717) is 11.4 Å². The molecule has 29 heavy (non-hydrogen) atoms. The number of aliphatic imine (C=N–C) groups is 1. The summed E-state index contributed by atoms with van der Waals surface area (Å²) in [7, 11) is -2.08. The number of nitrogens with one attached hydrogen (secondary N) is 1. The van der Waals surface area contributed by atoms with Crippen molar-refractivity contribution in [3.8, 4) is 0 Å². The van der Waals surface area contributed by atoms with Crippen LogP contribution in [0.25, 0.3) is 0 Å². The van der Waals surface area contributed by atoms with Crippen LogP contribution in [-0.2, 0) is 21.4 Å². The molecule has 7 heteroatoms. The van der Waals surface area contributed by atoms with Gasteiger partial charge in [0.15, 0.2) is 0 Å². The second kappa shape index (κ2) is 7.62. The van der Waals surface area contributed by atoms with E-state index in [1.165, 1.54) is 16.4 Å². The zero-order valence-electron chi connectivity index (χ0n) is 15.7. The lowest BCUT2D eigenvalue weighted by Crippen LogP contribution is -2.26. The van der Waals surface area contributed by atoms with Gasteiger partial charge in [0.05, 0.1) is 16.3 Å². The zero-order chi connectivity index (χ0) is 20.4. The van der Waals surface area contributed by atoms with E-state index < -0.39 is 10.0 Å². The molecule has 0 unspecified atom stereocenters. The summed E-state index contributed by atoms with van der Waals surface area (Å²) >= 11 is 0. The van der Waals surface area contributed by atoms with Gasteiger partial charge in [0.25, 0.3) is 5.91 Å². The van der Waals surface area contributed by atoms with Crippen LogP contribution in [0.1, 0.15) is 11.1 Å². The predicted octanol–water partition coefficient (Wildman–Crippen LogP) is 3.58. The number of rotatable bonds is 5. The lowest BCUT2D eigenvalue weighted by Gasteiger charge is -2.17. The Kier molecular flexibility index (Phi) is 5.00. The number of anilines is 1. The Morgan fingerprint density at radius 2 is 1.55 bits per heavy atom. The van der Waals surface area contributed by atoms with Crippen molar-refractivity contribution >= 4 is 33.0 Å². The molecule has 0 bridgehead atoms. The van der Waals surface area contributed by atoms with Gasteiger partial charge >= 0.3 is 0 Å². The molecule has 6 nitrogen and oxygen atoms in total. The summed E-state index contributed by atoms with van der Waals surface area (Å²) in [6, 6.07) is 23.0. The molecule has 0 saturated carbocycles. The van der Waals surface area contributed by atoms with E-state index >= 15 is 0 Å². The van der Waals surface area contributed by atoms with Crippen molar-refractivity contribution in [1.82, 2.24) is 4.31 Å². The quantitative estimate of drug-likeness (QED) is 0.705. The van der Waals surface area contributed by atoms with E-state index in [1.54, 1.807) is 19.2 Å². The van der Waals surface area contributed by atoms with Crippen LogP contribution in [0.15, 0.2) is 88.8 Å². The molecule has 3 aromatic carbocycles. The second-order valence-electron chi connectivity index (χ2n) is 6.70. The molecule has 0 radical (unpaired) electrons. The Labute approximate surface area is 169 Å². The van der Waals surface area contributed by atoms with Crippen LogP contribution in [0.3, 0.4) is 0 Å². The molecule has 146 valence electrons. The van der Waals surface area contributed by atoms with Gasteiger partial charge in [0.2, 0.25) is 10.0 Å². The lowest BCUT2D eigenvalue weighted by atomic mass is 10.1. The number of carbonyl (C=O) groups excluding carboxylic acids is 1. The summed E-state index contributed by atoms with van der Waals surface area (Å²) in [5, 5.41) is 2.77. The molecular formula is C22H19N3O3S. The fraction of sp³-hybridized carbons (Fsp3) is 0.0909. The van der Waals surface area contributed by atoms with E-state index in [1.807, 2.05) is 54.6 Å². The Balaban J connectivity index is 1.57. The van der Waals surface area contributed by atoms with Crippen LogP contribution in [0.4, 0.5) is 11.4 Å². The number of nitrogens with zero attached hydrogens (tertiary/aromatic N) is 2. The van der Waals surface area contributed by atoms with Crippen molar-refractivity contribution in [2.24, 2.45) is 4.99 Å². The predicted molar refractivity (Wildman–Crippen MR) is 113 cm³/mol. The summed E-state index contributed by atoms with van der Waals surface area (Å²) in [6.45, 7) is 0.282. The number of hydrogen-bond donors (Lipinski definition) is 1. The van der Waals surface area contributed by atoms with E-state index in [-0.39, 0.29) is 17.3 Å². The summed E-state index contributed by atoms with van der Waals surface area (Å²) in [6.07, 6.45) is 0. The standard InChI is InChI=1S/C22H19N3O3S/c1-25(15-16-7-3-2-4-8-16)29(27,28)18-13-11-17(12-14-18)23-21-19-9-5-6-10-20(19)24-22(21)26/h2-14H,15H2,1H3,(H,23,24,26). The molecule has 0 saturated heterocycles. The Morgan fingerprint density at radius 1 is 0.897 bits per heavy atom. The topological polar surface area (TPSA) is 78.8 Å². The van der Waals surface area contributed by atoms with Crippen molar-refractivity contribution in [2.45, 2.75) is 11.4 Å². The molecule has 0 spiro atoms. The minimum Gasteiger partial charge on any atom is -0.320 e. The minimum absolute atomic E-state index is 0.177. The average molecular weight is 405 g/mol. The highest BCUT2D eigenvalue weighted by Crippen LogP contribution is 2.26. The normalized spacial score (nSPS) is 14.8. The molecule has 1 heterocycles. The van der Waals surface area contributed by atoms with Crippen LogP contribution in [0, 0.1) is 0 Å². The maximum Gasteiger partial charge on any atom is 0.275 e. The van der Waals surface area contributed by atoms with Gasteiger partial charge in [-0.1, -0.05) is 48.5 Å². The number of carbonyl (C=O) groups is 1.